The Morgan fingerprint density at radius 1 is 1.50 bits per heavy atom. The molecule has 1 aromatic carbocycles. The third kappa shape index (κ3) is 2.67. The average Bonchev–Trinajstić information content (AvgIpc) is 3.06. The highest BCUT2D eigenvalue weighted by atomic mass is 16.5. The molecule has 114 valence electrons. The molecule has 0 radical (unpaired) electrons. The molecule has 0 atom stereocenters. The molecule has 1 aromatic heterocycles. The number of fused-ring (bicyclic) bond motifs is 1. The molecule has 22 heavy (non-hydrogen) atoms. The maximum absolute atomic E-state index is 11.8. The lowest BCUT2D eigenvalue weighted by Gasteiger charge is -2.23. The van der Waals surface area contributed by atoms with Gasteiger partial charge < -0.3 is 15.0 Å². The first-order chi connectivity index (χ1) is 10.7. The Bertz CT molecular complexity index is 707. The number of amides is 2. The van der Waals surface area contributed by atoms with Gasteiger partial charge in [0.25, 0.3) is 0 Å². The molecule has 6 nitrogen and oxygen atoms in total. The number of carbonyl (C=O) groups is 1. The smallest absolute Gasteiger partial charge is 0.321 e. The summed E-state index contributed by atoms with van der Waals surface area (Å²) in [6.07, 6.45) is 6.32. The van der Waals surface area contributed by atoms with Crippen LogP contribution in [0.4, 0.5) is 10.5 Å². The lowest BCUT2D eigenvalue weighted by molar-refractivity contribution is 0.249. The van der Waals surface area contributed by atoms with Crippen molar-refractivity contribution in [1.29, 1.82) is 0 Å². The van der Waals surface area contributed by atoms with Gasteiger partial charge >= 0.3 is 6.03 Å². The number of rotatable bonds is 2. The normalized spacial score (nSPS) is 15.1. The minimum absolute atomic E-state index is 0.157. The van der Waals surface area contributed by atoms with Gasteiger partial charge in [0.05, 0.1) is 24.8 Å². The monoisotopic (exact) mass is 298 g/mol. The van der Waals surface area contributed by atoms with E-state index in [1.54, 1.807) is 31.5 Å². The van der Waals surface area contributed by atoms with E-state index in [9.17, 15) is 4.79 Å². The number of carbonyl (C=O) groups excluding carboxylic acids is 1. The van der Waals surface area contributed by atoms with E-state index in [4.69, 9.17) is 4.74 Å². The minimum Gasteiger partial charge on any atom is -0.493 e. The summed E-state index contributed by atoms with van der Waals surface area (Å²) in [5, 5.41) is 2.62. The Kier molecular flexibility index (Phi) is 3.82. The lowest BCUT2D eigenvalue weighted by atomic mass is 9.98. The number of nitrogens with one attached hydrogen (secondary N) is 2. The quantitative estimate of drug-likeness (QED) is 0.895. The van der Waals surface area contributed by atoms with E-state index in [-0.39, 0.29) is 6.03 Å². The zero-order valence-corrected chi connectivity index (χ0v) is 12.6. The number of aromatic amines is 1. The van der Waals surface area contributed by atoms with Gasteiger partial charge in [0, 0.05) is 31.8 Å². The molecule has 2 heterocycles. The Balaban J connectivity index is 2.00. The van der Waals surface area contributed by atoms with E-state index >= 15 is 0 Å². The molecule has 0 unspecified atom stereocenters. The third-order valence-electron chi connectivity index (χ3n) is 3.69. The first kappa shape index (κ1) is 14.2. The lowest BCUT2D eigenvalue weighted by Crippen LogP contribution is -2.34. The molecular weight excluding hydrogens is 280 g/mol. The van der Waals surface area contributed by atoms with Crippen LogP contribution in [0.2, 0.25) is 0 Å². The molecule has 0 spiro atoms. The van der Waals surface area contributed by atoms with Crippen molar-refractivity contribution in [1.82, 2.24) is 15.3 Å². The number of imidazole rings is 1. The summed E-state index contributed by atoms with van der Waals surface area (Å²) in [6, 6.07) is 5.61. The van der Waals surface area contributed by atoms with Gasteiger partial charge in [-0.2, -0.15) is 0 Å². The number of anilines is 1. The second-order valence-corrected chi connectivity index (χ2v) is 5.07. The second-order valence-electron chi connectivity index (χ2n) is 5.07. The van der Waals surface area contributed by atoms with Crippen LogP contribution in [-0.4, -0.2) is 36.7 Å². The first-order valence-corrected chi connectivity index (χ1v) is 7.10. The number of ether oxygens (including phenoxy) is 1. The molecule has 2 N–H and O–H groups in total. The van der Waals surface area contributed by atoms with E-state index < -0.39 is 0 Å². The molecule has 3 rings (SSSR count). The highest BCUT2D eigenvalue weighted by Gasteiger charge is 2.18. The zero-order chi connectivity index (χ0) is 15.5. The number of urea groups is 1. The molecule has 0 saturated carbocycles. The fourth-order valence-corrected chi connectivity index (χ4v) is 2.48. The van der Waals surface area contributed by atoms with Gasteiger partial charge in [-0.1, -0.05) is 0 Å². The zero-order valence-electron chi connectivity index (χ0n) is 12.6. The van der Waals surface area contributed by atoms with E-state index in [1.807, 2.05) is 18.2 Å². The van der Waals surface area contributed by atoms with E-state index in [1.165, 1.54) is 0 Å². The first-order valence-electron chi connectivity index (χ1n) is 7.10. The van der Waals surface area contributed by atoms with Gasteiger partial charge in [0.1, 0.15) is 5.75 Å². The molecule has 1 aliphatic heterocycles. The summed E-state index contributed by atoms with van der Waals surface area (Å²) >= 11 is 0. The van der Waals surface area contributed by atoms with Crippen LogP contribution in [0.3, 0.4) is 0 Å². The van der Waals surface area contributed by atoms with Crippen LogP contribution in [0.1, 0.15) is 17.7 Å². The van der Waals surface area contributed by atoms with Gasteiger partial charge in [-0.15, -0.1) is 0 Å². The number of hydrogen-bond acceptors (Lipinski definition) is 3. The fourth-order valence-electron chi connectivity index (χ4n) is 2.48. The summed E-state index contributed by atoms with van der Waals surface area (Å²) in [6.45, 7) is 0.650. The summed E-state index contributed by atoms with van der Waals surface area (Å²) < 4.78 is 5.71. The SMILES string of the molecule is CNC(=O)N(C)c1ccc2c(c1)/C(=C/c1cnc[nH]1)CCO2. The van der Waals surface area contributed by atoms with Crippen molar-refractivity contribution in [3.8, 4) is 5.75 Å². The van der Waals surface area contributed by atoms with Crippen LogP contribution in [0.25, 0.3) is 11.6 Å². The number of nitrogens with zero attached hydrogens (tertiary/aromatic N) is 2. The summed E-state index contributed by atoms with van der Waals surface area (Å²) in [7, 11) is 3.35. The van der Waals surface area contributed by atoms with Crippen molar-refractivity contribution in [2.24, 2.45) is 0 Å². The predicted molar refractivity (Wildman–Crippen MR) is 85.9 cm³/mol. The molecule has 2 aromatic rings. The largest absolute Gasteiger partial charge is 0.493 e. The van der Waals surface area contributed by atoms with Crippen LogP contribution < -0.4 is 15.0 Å². The van der Waals surface area contributed by atoms with Gasteiger partial charge in [0.15, 0.2) is 0 Å². The predicted octanol–water partition coefficient (Wildman–Crippen LogP) is 2.51. The van der Waals surface area contributed by atoms with Crippen LogP contribution in [0.15, 0.2) is 30.7 Å². The van der Waals surface area contributed by atoms with Gasteiger partial charge in [0.2, 0.25) is 0 Å². The molecule has 0 bridgehead atoms. The molecular formula is C16H18N4O2. The average molecular weight is 298 g/mol. The van der Waals surface area contributed by atoms with Crippen molar-refractivity contribution >= 4 is 23.4 Å². The van der Waals surface area contributed by atoms with Gasteiger partial charge in [-0.25, -0.2) is 9.78 Å². The standard InChI is InChI=1S/C16H18N4O2/c1-17-16(21)20(2)13-3-4-15-14(8-13)11(5-6-22-15)7-12-9-18-10-19-12/h3-4,7-10H,5-6H2,1-2H3,(H,17,21)(H,18,19)/b11-7+. The summed E-state index contributed by atoms with van der Waals surface area (Å²) in [4.78, 5) is 20.5. The minimum atomic E-state index is -0.157. The van der Waals surface area contributed by atoms with Crippen LogP contribution >= 0.6 is 0 Å². The molecule has 6 heteroatoms. The highest BCUT2D eigenvalue weighted by molar-refractivity contribution is 5.93. The Morgan fingerprint density at radius 3 is 3.09 bits per heavy atom. The van der Waals surface area contributed by atoms with Gasteiger partial charge in [-0.05, 0) is 29.8 Å². The molecule has 0 aliphatic carbocycles. The van der Waals surface area contributed by atoms with E-state index in [2.05, 4.69) is 21.4 Å². The van der Waals surface area contributed by atoms with Crippen LogP contribution in [-0.2, 0) is 0 Å². The maximum atomic E-state index is 11.8. The number of aromatic nitrogens is 2. The van der Waals surface area contributed by atoms with Crippen molar-refractivity contribution in [2.45, 2.75) is 6.42 Å². The maximum Gasteiger partial charge on any atom is 0.321 e. The topological polar surface area (TPSA) is 70.2 Å². The highest BCUT2D eigenvalue weighted by Crippen LogP contribution is 2.36. The molecule has 2 amide bonds. The van der Waals surface area contributed by atoms with Crippen LogP contribution in [0.5, 0.6) is 5.75 Å². The van der Waals surface area contributed by atoms with Crippen molar-refractivity contribution in [3.63, 3.8) is 0 Å². The molecule has 0 fully saturated rings. The van der Waals surface area contributed by atoms with Crippen molar-refractivity contribution in [2.75, 3.05) is 25.6 Å². The van der Waals surface area contributed by atoms with Crippen molar-refractivity contribution < 1.29 is 9.53 Å². The second kappa shape index (κ2) is 5.93. The number of H-pyrrole nitrogens is 1. The number of benzene rings is 1. The molecule has 0 saturated heterocycles. The van der Waals surface area contributed by atoms with E-state index in [0.717, 1.165) is 34.7 Å². The summed E-state index contributed by atoms with van der Waals surface area (Å²) in [5.41, 5.74) is 3.94. The van der Waals surface area contributed by atoms with Gasteiger partial charge in [-0.3, -0.25) is 4.90 Å². The molecule has 1 aliphatic rings. The van der Waals surface area contributed by atoms with Crippen LogP contribution in [0, 0.1) is 0 Å². The fraction of sp³-hybridized carbons (Fsp3) is 0.250. The van der Waals surface area contributed by atoms with E-state index in [0.29, 0.717) is 6.61 Å². The Labute approximate surface area is 128 Å². The Hall–Kier alpha value is -2.76. The third-order valence-corrected chi connectivity index (χ3v) is 3.69. The van der Waals surface area contributed by atoms with Crippen molar-refractivity contribution in [3.05, 3.63) is 42.0 Å². The summed E-state index contributed by atoms with van der Waals surface area (Å²) in [5.74, 6) is 0.839. The Morgan fingerprint density at radius 2 is 2.36 bits per heavy atom. The number of hydrogen-bond donors (Lipinski definition) is 2.